The van der Waals surface area contributed by atoms with Gasteiger partial charge in [-0.1, -0.05) is 54.6 Å². The summed E-state index contributed by atoms with van der Waals surface area (Å²) in [4.78, 5) is 24.5. The highest BCUT2D eigenvalue weighted by atomic mass is 16.1. The molecule has 1 atom stereocenters. The maximum atomic E-state index is 11.8. The highest BCUT2D eigenvalue weighted by Gasteiger charge is 2.21. The molecule has 0 aliphatic heterocycles. The average molecular weight is 369 g/mol. The first-order chi connectivity index (χ1) is 13.6. The van der Waals surface area contributed by atoms with Gasteiger partial charge in [-0.25, -0.2) is 15.0 Å². The van der Waals surface area contributed by atoms with Crippen LogP contribution in [-0.2, 0) is 4.79 Å². The van der Waals surface area contributed by atoms with Gasteiger partial charge in [-0.3, -0.25) is 4.79 Å². The van der Waals surface area contributed by atoms with Crippen LogP contribution in [-0.4, -0.2) is 25.4 Å². The number of carbonyl (C=O) groups is 1. The quantitative estimate of drug-likeness (QED) is 0.581. The minimum atomic E-state index is -0.512. The van der Waals surface area contributed by atoms with Gasteiger partial charge in [-0.2, -0.15) is 0 Å². The van der Waals surface area contributed by atoms with Crippen molar-refractivity contribution in [2.75, 3.05) is 0 Å². The Morgan fingerprint density at radius 1 is 0.893 bits per heavy atom. The van der Waals surface area contributed by atoms with Gasteiger partial charge in [0.25, 0.3) is 0 Å². The summed E-state index contributed by atoms with van der Waals surface area (Å²) in [5, 5.41) is 0. The minimum Gasteiger partial charge on any atom is -0.368 e. The molecule has 0 aliphatic carbocycles. The Hall–Kier alpha value is -3.80. The molecule has 0 aliphatic rings. The molecule has 6 nitrogen and oxygen atoms in total. The maximum Gasteiger partial charge on any atom is 0.240 e. The smallest absolute Gasteiger partial charge is 0.240 e. The number of hydrogen-bond acceptors (Lipinski definition) is 4. The van der Waals surface area contributed by atoms with Crippen LogP contribution < -0.4 is 5.73 Å². The van der Waals surface area contributed by atoms with E-state index in [0.29, 0.717) is 0 Å². The lowest BCUT2D eigenvalue weighted by atomic mass is 10.0. The SMILES string of the molecule is C[C@H](C(N)=O)n1cnc(-c2ccccc2)c1-c1ccc(-c2cncnc2)cc1. The second-order valence-electron chi connectivity index (χ2n) is 6.50. The Labute approximate surface area is 162 Å². The van der Waals surface area contributed by atoms with Crippen LogP contribution in [0.3, 0.4) is 0 Å². The lowest BCUT2D eigenvalue weighted by Crippen LogP contribution is -2.24. The number of rotatable bonds is 5. The van der Waals surface area contributed by atoms with Crippen LogP contribution in [0.15, 0.2) is 79.6 Å². The molecule has 0 radical (unpaired) electrons. The standard InChI is InChI=1S/C22H19N5O/c1-15(22(23)28)27-14-26-20(17-5-3-2-4-6-17)21(27)18-9-7-16(8-10-18)19-11-24-13-25-12-19/h2-15H,1H3,(H2,23,28)/t15-/m1/s1. The zero-order valence-corrected chi connectivity index (χ0v) is 15.4. The summed E-state index contributed by atoms with van der Waals surface area (Å²) in [5.41, 5.74) is 11.1. The number of carbonyl (C=O) groups excluding carboxylic acids is 1. The molecule has 1 amide bonds. The first kappa shape index (κ1) is 17.6. The van der Waals surface area contributed by atoms with Crippen LogP contribution in [0.25, 0.3) is 33.6 Å². The first-order valence-corrected chi connectivity index (χ1v) is 8.92. The van der Waals surface area contributed by atoms with Crippen LogP contribution in [0.5, 0.6) is 0 Å². The molecule has 4 aromatic rings. The predicted octanol–water partition coefficient (Wildman–Crippen LogP) is 3.72. The van der Waals surface area contributed by atoms with Crippen molar-refractivity contribution in [2.24, 2.45) is 5.73 Å². The Bertz CT molecular complexity index is 1090. The van der Waals surface area contributed by atoms with Crippen molar-refractivity contribution in [3.05, 3.63) is 79.6 Å². The summed E-state index contributed by atoms with van der Waals surface area (Å²) in [6.07, 6.45) is 6.73. The largest absolute Gasteiger partial charge is 0.368 e. The fraction of sp³-hybridized carbons (Fsp3) is 0.0909. The molecule has 0 saturated carbocycles. The molecule has 2 aromatic heterocycles. The van der Waals surface area contributed by atoms with Gasteiger partial charge in [-0.15, -0.1) is 0 Å². The molecule has 0 unspecified atom stereocenters. The third-order valence-corrected chi connectivity index (χ3v) is 4.72. The zero-order chi connectivity index (χ0) is 19.5. The average Bonchev–Trinajstić information content (AvgIpc) is 3.19. The van der Waals surface area contributed by atoms with E-state index < -0.39 is 11.9 Å². The van der Waals surface area contributed by atoms with Crippen molar-refractivity contribution in [2.45, 2.75) is 13.0 Å². The number of hydrogen-bond donors (Lipinski definition) is 1. The predicted molar refractivity (Wildman–Crippen MR) is 108 cm³/mol. The molecule has 2 heterocycles. The highest BCUT2D eigenvalue weighted by Crippen LogP contribution is 2.34. The highest BCUT2D eigenvalue weighted by molar-refractivity contribution is 5.83. The van der Waals surface area contributed by atoms with Gasteiger partial charge in [0, 0.05) is 29.1 Å². The molecular weight excluding hydrogens is 350 g/mol. The summed E-state index contributed by atoms with van der Waals surface area (Å²) in [5.74, 6) is -0.406. The number of nitrogens with zero attached hydrogens (tertiary/aromatic N) is 4. The molecular formula is C22H19N5O. The molecule has 2 N–H and O–H groups in total. The summed E-state index contributed by atoms with van der Waals surface area (Å²) >= 11 is 0. The molecule has 2 aromatic carbocycles. The zero-order valence-electron chi connectivity index (χ0n) is 15.4. The molecule has 0 spiro atoms. The van der Waals surface area contributed by atoms with Gasteiger partial charge in [0.15, 0.2) is 0 Å². The van der Waals surface area contributed by atoms with Gasteiger partial charge < -0.3 is 10.3 Å². The monoisotopic (exact) mass is 369 g/mol. The maximum absolute atomic E-state index is 11.8. The van der Waals surface area contributed by atoms with E-state index >= 15 is 0 Å². The number of amides is 1. The van der Waals surface area contributed by atoms with E-state index in [-0.39, 0.29) is 0 Å². The molecule has 0 saturated heterocycles. The number of benzene rings is 2. The fourth-order valence-corrected chi connectivity index (χ4v) is 3.15. The van der Waals surface area contributed by atoms with E-state index in [4.69, 9.17) is 5.73 Å². The summed E-state index contributed by atoms with van der Waals surface area (Å²) in [7, 11) is 0. The Morgan fingerprint density at radius 2 is 1.54 bits per heavy atom. The number of aromatic nitrogens is 4. The lowest BCUT2D eigenvalue weighted by molar-refractivity contribution is -0.120. The van der Waals surface area contributed by atoms with E-state index in [2.05, 4.69) is 15.0 Å². The number of nitrogens with two attached hydrogens (primary N) is 1. The Balaban J connectivity index is 1.83. The summed E-state index contributed by atoms with van der Waals surface area (Å²) in [6.45, 7) is 1.78. The third-order valence-electron chi connectivity index (χ3n) is 4.72. The van der Waals surface area contributed by atoms with E-state index in [9.17, 15) is 4.79 Å². The van der Waals surface area contributed by atoms with Gasteiger partial charge >= 0.3 is 0 Å². The minimum absolute atomic E-state index is 0.406. The molecule has 28 heavy (non-hydrogen) atoms. The van der Waals surface area contributed by atoms with E-state index in [0.717, 1.165) is 33.6 Å². The number of imidazole rings is 1. The van der Waals surface area contributed by atoms with Gasteiger partial charge in [-0.05, 0) is 12.5 Å². The second-order valence-corrected chi connectivity index (χ2v) is 6.50. The number of primary amides is 1. The van der Waals surface area contributed by atoms with Crippen molar-refractivity contribution in [1.82, 2.24) is 19.5 Å². The third kappa shape index (κ3) is 3.27. The topological polar surface area (TPSA) is 86.7 Å². The summed E-state index contributed by atoms with van der Waals surface area (Å²) in [6, 6.07) is 17.4. The molecule has 6 heteroatoms. The van der Waals surface area contributed by atoms with E-state index in [1.54, 1.807) is 25.6 Å². The fourth-order valence-electron chi connectivity index (χ4n) is 3.15. The van der Waals surface area contributed by atoms with Gasteiger partial charge in [0.2, 0.25) is 5.91 Å². The van der Waals surface area contributed by atoms with Crippen LogP contribution in [0.1, 0.15) is 13.0 Å². The van der Waals surface area contributed by atoms with Crippen molar-refractivity contribution < 1.29 is 4.79 Å². The van der Waals surface area contributed by atoms with Crippen molar-refractivity contribution in [3.8, 4) is 33.6 Å². The van der Waals surface area contributed by atoms with Crippen LogP contribution in [0.4, 0.5) is 0 Å². The Kier molecular flexibility index (Phi) is 4.68. The van der Waals surface area contributed by atoms with Crippen molar-refractivity contribution in [1.29, 1.82) is 0 Å². The molecule has 138 valence electrons. The van der Waals surface area contributed by atoms with Crippen LogP contribution >= 0.6 is 0 Å². The molecule has 4 rings (SSSR count). The van der Waals surface area contributed by atoms with Crippen LogP contribution in [0, 0.1) is 0 Å². The lowest BCUT2D eigenvalue weighted by Gasteiger charge is -2.15. The molecule has 0 fully saturated rings. The van der Waals surface area contributed by atoms with Crippen molar-refractivity contribution >= 4 is 5.91 Å². The normalized spacial score (nSPS) is 11.9. The van der Waals surface area contributed by atoms with E-state index in [1.165, 1.54) is 6.33 Å². The van der Waals surface area contributed by atoms with Gasteiger partial charge in [0.1, 0.15) is 12.4 Å². The molecule has 0 bridgehead atoms. The van der Waals surface area contributed by atoms with E-state index in [1.807, 2.05) is 59.2 Å². The second kappa shape index (κ2) is 7.44. The van der Waals surface area contributed by atoms with Crippen LogP contribution in [0.2, 0.25) is 0 Å². The van der Waals surface area contributed by atoms with Gasteiger partial charge in [0.05, 0.1) is 17.7 Å². The Morgan fingerprint density at radius 3 is 2.18 bits per heavy atom. The first-order valence-electron chi connectivity index (χ1n) is 8.92. The summed E-state index contributed by atoms with van der Waals surface area (Å²) < 4.78 is 1.82. The van der Waals surface area contributed by atoms with Crippen molar-refractivity contribution in [3.63, 3.8) is 0 Å².